The number of benzene rings is 2. The lowest BCUT2D eigenvalue weighted by molar-refractivity contribution is -0.119. The summed E-state index contributed by atoms with van der Waals surface area (Å²) in [5, 5.41) is 11.7. The van der Waals surface area contributed by atoms with Crippen molar-refractivity contribution in [3.8, 4) is 11.4 Å². The fourth-order valence-corrected chi connectivity index (χ4v) is 3.92. The number of hydrogen-bond acceptors (Lipinski definition) is 6. The van der Waals surface area contributed by atoms with Gasteiger partial charge >= 0.3 is 0 Å². The number of nitrogens with zero attached hydrogens (tertiary/aromatic N) is 5. The standard InChI is InChI=1S/C22H21FN6O2S/c1-28-12-11-24-21(28)20(15-3-5-16(23)6-4-15)26-19(30)13-32-22-27-25-14-29(22)17-7-9-18(31-2)10-8-17/h3-12,14,20H,13H2,1-2H3,(H,26,30). The van der Waals surface area contributed by atoms with Gasteiger partial charge in [0.1, 0.15) is 29.8 Å². The predicted molar refractivity (Wildman–Crippen MR) is 118 cm³/mol. The monoisotopic (exact) mass is 452 g/mol. The van der Waals surface area contributed by atoms with Crippen molar-refractivity contribution in [2.45, 2.75) is 11.2 Å². The molecule has 4 rings (SSSR count). The number of carbonyl (C=O) groups is 1. The quantitative estimate of drug-likeness (QED) is 0.414. The molecule has 0 saturated carbocycles. The van der Waals surface area contributed by atoms with Crippen LogP contribution in [0.25, 0.3) is 5.69 Å². The van der Waals surface area contributed by atoms with Crippen LogP contribution in [0.2, 0.25) is 0 Å². The van der Waals surface area contributed by atoms with E-state index in [4.69, 9.17) is 4.74 Å². The highest BCUT2D eigenvalue weighted by Gasteiger charge is 2.21. The Morgan fingerprint density at radius 3 is 2.59 bits per heavy atom. The van der Waals surface area contributed by atoms with Gasteiger partial charge in [-0.25, -0.2) is 9.37 Å². The van der Waals surface area contributed by atoms with Gasteiger partial charge in [0.15, 0.2) is 5.16 Å². The summed E-state index contributed by atoms with van der Waals surface area (Å²) >= 11 is 1.27. The third kappa shape index (κ3) is 4.80. The zero-order valence-electron chi connectivity index (χ0n) is 17.5. The molecule has 0 aliphatic carbocycles. The number of nitrogens with one attached hydrogen (secondary N) is 1. The van der Waals surface area contributed by atoms with Crippen molar-refractivity contribution in [3.63, 3.8) is 0 Å². The lowest BCUT2D eigenvalue weighted by atomic mass is 10.1. The van der Waals surface area contributed by atoms with E-state index in [0.717, 1.165) is 17.0 Å². The van der Waals surface area contributed by atoms with Gasteiger partial charge in [-0.1, -0.05) is 23.9 Å². The lowest BCUT2D eigenvalue weighted by Gasteiger charge is -2.19. The average molecular weight is 453 g/mol. The number of thioether (sulfide) groups is 1. The second kappa shape index (κ2) is 9.65. The summed E-state index contributed by atoms with van der Waals surface area (Å²) in [4.78, 5) is 17.2. The maximum atomic E-state index is 13.4. The van der Waals surface area contributed by atoms with Crippen LogP contribution in [0.15, 0.2) is 72.4 Å². The van der Waals surface area contributed by atoms with Crippen LogP contribution in [-0.4, -0.2) is 43.1 Å². The Balaban J connectivity index is 1.47. The fraction of sp³-hybridized carbons (Fsp3) is 0.182. The normalized spacial score (nSPS) is 11.8. The molecule has 0 aliphatic heterocycles. The summed E-state index contributed by atoms with van der Waals surface area (Å²) < 4.78 is 22.2. The third-order valence-electron chi connectivity index (χ3n) is 4.82. The summed E-state index contributed by atoms with van der Waals surface area (Å²) in [5.41, 5.74) is 1.59. The zero-order valence-corrected chi connectivity index (χ0v) is 18.3. The maximum absolute atomic E-state index is 13.4. The molecule has 1 amide bonds. The molecule has 0 spiro atoms. The summed E-state index contributed by atoms with van der Waals surface area (Å²) in [5.74, 6) is 0.966. The summed E-state index contributed by atoms with van der Waals surface area (Å²) in [6.45, 7) is 0. The lowest BCUT2D eigenvalue weighted by Crippen LogP contribution is -2.32. The van der Waals surface area contributed by atoms with Crippen molar-refractivity contribution >= 4 is 17.7 Å². The number of aryl methyl sites for hydroxylation is 1. The van der Waals surface area contributed by atoms with Gasteiger partial charge < -0.3 is 14.6 Å². The Kier molecular flexibility index (Phi) is 6.50. The van der Waals surface area contributed by atoms with Gasteiger partial charge in [-0.3, -0.25) is 9.36 Å². The summed E-state index contributed by atoms with van der Waals surface area (Å²) in [7, 11) is 3.45. The molecule has 0 radical (unpaired) electrons. The van der Waals surface area contributed by atoms with Crippen LogP contribution < -0.4 is 10.1 Å². The molecule has 10 heteroatoms. The molecular formula is C22H21FN6O2S. The van der Waals surface area contributed by atoms with E-state index < -0.39 is 6.04 Å². The van der Waals surface area contributed by atoms with Gasteiger partial charge in [-0.05, 0) is 42.0 Å². The molecular weight excluding hydrogens is 431 g/mol. The van der Waals surface area contributed by atoms with E-state index in [1.165, 1.54) is 23.9 Å². The number of carbonyl (C=O) groups excluding carboxylic acids is 1. The zero-order chi connectivity index (χ0) is 22.5. The molecule has 8 nitrogen and oxygen atoms in total. The molecule has 32 heavy (non-hydrogen) atoms. The molecule has 1 atom stereocenters. The number of aromatic nitrogens is 5. The highest BCUT2D eigenvalue weighted by Crippen LogP contribution is 2.23. The topological polar surface area (TPSA) is 86.9 Å². The van der Waals surface area contributed by atoms with Crippen LogP contribution in [-0.2, 0) is 11.8 Å². The summed E-state index contributed by atoms with van der Waals surface area (Å²) in [6.07, 6.45) is 5.05. The number of ether oxygens (including phenoxy) is 1. The van der Waals surface area contributed by atoms with Gasteiger partial charge in [-0.15, -0.1) is 10.2 Å². The van der Waals surface area contributed by atoms with Gasteiger partial charge in [0.25, 0.3) is 0 Å². The number of halogens is 1. The van der Waals surface area contributed by atoms with E-state index in [1.54, 1.807) is 42.5 Å². The van der Waals surface area contributed by atoms with Crippen molar-refractivity contribution in [2.24, 2.45) is 7.05 Å². The minimum atomic E-state index is -0.511. The fourth-order valence-electron chi connectivity index (χ4n) is 3.18. The predicted octanol–water partition coefficient (Wildman–Crippen LogP) is 3.15. The third-order valence-corrected chi connectivity index (χ3v) is 5.77. The van der Waals surface area contributed by atoms with Gasteiger partial charge in [-0.2, -0.15) is 0 Å². The Morgan fingerprint density at radius 2 is 1.94 bits per heavy atom. The molecule has 2 aromatic carbocycles. The van der Waals surface area contributed by atoms with Gasteiger partial charge in [0.2, 0.25) is 5.91 Å². The van der Waals surface area contributed by atoms with Crippen LogP contribution in [0.4, 0.5) is 4.39 Å². The molecule has 0 fully saturated rings. The van der Waals surface area contributed by atoms with Crippen LogP contribution >= 0.6 is 11.8 Å². The Bertz CT molecular complexity index is 1190. The highest BCUT2D eigenvalue weighted by molar-refractivity contribution is 7.99. The largest absolute Gasteiger partial charge is 0.497 e. The second-order valence-electron chi connectivity index (χ2n) is 6.92. The molecule has 164 valence electrons. The number of amides is 1. The van der Waals surface area contributed by atoms with Gasteiger partial charge in [0, 0.05) is 25.1 Å². The number of methoxy groups -OCH3 is 1. The average Bonchev–Trinajstić information content (AvgIpc) is 3.46. The minimum Gasteiger partial charge on any atom is -0.497 e. The van der Waals surface area contributed by atoms with Crippen LogP contribution in [0.5, 0.6) is 5.75 Å². The highest BCUT2D eigenvalue weighted by atomic mass is 32.2. The van der Waals surface area contributed by atoms with Gasteiger partial charge in [0.05, 0.1) is 12.9 Å². The van der Waals surface area contributed by atoms with Crippen molar-refractivity contribution in [1.29, 1.82) is 0 Å². The molecule has 2 heterocycles. The first kappa shape index (κ1) is 21.6. The number of hydrogen-bond donors (Lipinski definition) is 1. The second-order valence-corrected chi connectivity index (χ2v) is 7.86. The first-order valence-corrected chi connectivity index (χ1v) is 10.7. The first-order valence-electron chi connectivity index (χ1n) is 9.74. The van der Waals surface area contributed by atoms with Crippen LogP contribution in [0, 0.1) is 5.82 Å². The SMILES string of the molecule is COc1ccc(-n2cnnc2SCC(=O)NC(c2ccc(F)cc2)c2nccn2C)cc1. The number of imidazole rings is 1. The molecule has 1 N–H and O–H groups in total. The van der Waals surface area contributed by atoms with E-state index >= 15 is 0 Å². The molecule has 0 saturated heterocycles. The van der Waals surface area contributed by atoms with Crippen molar-refractivity contribution in [2.75, 3.05) is 12.9 Å². The van der Waals surface area contributed by atoms with E-state index in [9.17, 15) is 9.18 Å². The van der Waals surface area contributed by atoms with E-state index in [0.29, 0.717) is 11.0 Å². The van der Waals surface area contributed by atoms with E-state index in [2.05, 4.69) is 20.5 Å². The maximum Gasteiger partial charge on any atom is 0.231 e. The van der Waals surface area contributed by atoms with E-state index in [1.807, 2.05) is 35.9 Å². The minimum absolute atomic E-state index is 0.122. The summed E-state index contributed by atoms with van der Waals surface area (Å²) in [6, 6.07) is 13.0. The van der Waals surface area contributed by atoms with E-state index in [-0.39, 0.29) is 17.5 Å². The van der Waals surface area contributed by atoms with Crippen LogP contribution in [0.1, 0.15) is 17.4 Å². The first-order chi connectivity index (χ1) is 15.5. The molecule has 1 unspecified atom stereocenters. The Morgan fingerprint density at radius 1 is 1.19 bits per heavy atom. The smallest absolute Gasteiger partial charge is 0.231 e. The van der Waals surface area contributed by atoms with Crippen molar-refractivity contribution in [1.82, 2.24) is 29.6 Å². The Hall–Kier alpha value is -3.66. The molecule has 0 aliphatic rings. The number of rotatable bonds is 8. The molecule has 0 bridgehead atoms. The van der Waals surface area contributed by atoms with Crippen molar-refractivity contribution < 1.29 is 13.9 Å². The molecule has 4 aromatic rings. The van der Waals surface area contributed by atoms with Crippen molar-refractivity contribution in [3.05, 3.63) is 84.5 Å². The molecule has 2 aromatic heterocycles. The van der Waals surface area contributed by atoms with Crippen LogP contribution in [0.3, 0.4) is 0 Å². The Labute approximate surface area is 188 Å².